The number of thioether (sulfide) groups is 1. The third kappa shape index (κ3) is 4.71. The lowest BCUT2D eigenvalue weighted by Crippen LogP contribution is -2.14. The molecule has 0 atom stereocenters. The molecule has 0 radical (unpaired) electrons. The first-order valence-corrected chi connectivity index (χ1v) is 12.2. The number of carbonyl (C=O) groups is 1. The van der Waals surface area contributed by atoms with Crippen LogP contribution in [0.15, 0.2) is 57.2 Å². The summed E-state index contributed by atoms with van der Waals surface area (Å²) in [6.45, 7) is 0. The molecule has 28 heavy (non-hydrogen) atoms. The number of sulfone groups is 1. The van der Waals surface area contributed by atoms with Crippen molar-refractivity contribution < 1.29 is 17.6 Å². The number of fused-ring (bicyclic) bond motifs is 1. The molecule has 0 N–H and O–H groups in total. The van der Waals surface area contributed by atoms with Crippen molar-refractivity contribution >= 4 is 49.1 Å². The Balaban J connectivity index is 1.69. The van der Waals surface area contributed by atoms with Gasteiger partial charge in [-0.25, -0.2) is 12.8 Å². The number of benzene rings is 2. The van der Waals surface area contributed by atoms with Crippen LogP contribution in [-0.2, 0) is 21.7 Å². The minimum Gasteiger partial charge on any atom is -0.319 e. The molecule has 3 aromatic rings. The average molecular weight is 439 g/mol. The average Bonchev–Trinajstić information content (AvgIpc) is 2.96. The summed E-state index contributed by atoms with van der Waals surface area (Å²) in [5.74, 6) is -1.04. The number of nitrogens with zero attached hydrogens (tertiary/aromatic N) is 2. The number of aryl methyl sites for hydroxylation is 1. The highest BCUT2D eigenvalue weighted by molar-refractivity contribution is 7.98. The van der Waals surface area contributed by atoms with Crippen molar-refractivity contribution in [1.29, 1.82) is 0 Å². The van der Waals surface area contributed by atoms with Crippen LogP contribution in [0.1, 0.15) is 12.8 Å². The van der Waals surface area contributed by atoms with E-state index in [1.165, 1.54) is 23.5 Å². The summed E-state index contributed by atoms with van der Waals surface area (Å²) in [6.07, 6.45) is 2.20. The molecule has 9 heteroatoms. The molecule has 0 bridgehead atoms. The van der Waals surface area contributed by atoms with Gasteiger partial charge >= 0.3 is 0 Å². The molecule has 0 aliphatic carbocycles. The van der Waals surface area contributed by atoms with E-state index >= 15 is 0 Å². The van der Waals surface area contributed by atoms with Crippen LogP contribution in [0.4, 0.5) is 4.39 Å². The monoisotopic (exact) mass is 438 g/mol. The lowest BCUT2D eigenvalue weighted by Gasteiger charge is -2.03. The highest BCUT2D eigenvalue weighted by atomic mass is 32.2. The van der Waals surface area contributed by atoms with Gasteiger partial charge in [0.15, 0.2) is 14.6 Å². The van der Waals surface area contributed by atoms with Crippen LogP contribution in [0, 0.1) is 5.82 Å². The molecule has 0 saturated carbocycles. The summed E-state index contributed by atoms with van der Waals surface area (Å²) in [5.41, 5.74) is 0.994. The van der Waals surface area contributed by atoms with Crippen molar-refractivity contribution in [3.05, 3.63) is 53.1 Å². The highest BCUT2D eigenvalue weighted by Gasteiger charge is 2.15. The van der Waals surface area contributed by atoms with E-state index in [2.05, 4.69) is 11.1 Å². The third-order valence-corrected chi connectivity index (χ3v) is 7.85. The van der Waals surface area contributed by atoms with Gasteiger partial charge in [-0.1, -0.05) is 11.3 Å². The Bertz CT molecular complexity index is 1180. The predicted octanol–water partition coefficient (Wildman–Crippen LogP) is 3.78. The maximum Gasteiger partial charge on any atom is 0.248 e. The third-order valence-electron chi connectivity index (χ3n) is 4.21. The largest absolute Gasteiger partial charge is 0.319 e. The molecule has 3 rings (SSSR count). The number of amides is 1. The van der Waals surface area contributed by atoms with Crippen LogP contribution in [0.3, 0.4) is 0 Å². The van der Waals surface area contributed by atoms with Crippen molar-refractivity contribution in [2.45, 2.75) is 22.6 Å². The van der Waals surface area contributed by atoms with Gasteiger partial charge in [0.05, 0.1) is 20.9 Å². The molecule has 1 heterocycles. The first-order chi connectivity index (χ1) is 13.3. The first-order valence-electron chi connectivity index (χ1n) is 8.49. The lowest BCUT2D eigenvalue weighted by molar-refractivity contribution is -0.118. The van der Waals surface area contributed by atoms with E-state index in [0.717, 1.165) is 27.2 Å². The van der Waals surface area contributed by atoms with E-state index < -0.39 is 15.7 Å². The first kappa shape index (κ1) is 20.8. The van der Waals surface area contributed by atoms with Gasteiger partial charge in [-0.2, -0.15) is 4.99 Å². The molecule has 5 nitrogen and oxygen atoms in total. The minimum atomic E-state index is -3.55. The van der Waals surface area contributed by atoms with Crippen molar-refractivity contribution in [2.24, 2.45) is 12.0 Å². The molecule has 0 aliphatic rings. The molecule has 0 fully saturated rings. The second-order valence-electron chi connectivity index (χ2n) is 6.16. The Labute approximate surface area is 170 Å². The van der Waals surface area contributed by atoms with Crippen LogP contribution in [0.2, 0.25) is 0 Å². The Hall–Kier alpha value is -1.97. The van der Waals surface area contributed by atoms with Gasteiger partial charge in [0, 0.05) is 18.4 Å². The maximum absolute atomic E-state index is 12.9. The zero-order chi connectivity index (χ0) is 20.3. The van der Waals surface area contributed by atoms with Crippen molar-refractivity contribution in [2.75, 3.05) is 12.0 Å². The molecule has 0 saturated heterocycles. The molecular weight excluding hydrogens is 419 g/mol. The lowest BCUT2D eigenvalue weighted by atomic mass is 10.3. The zero-order valence-electron chi connectivity index (χ0n) is 15.4. The van der Waals surface area contributed by atoms with E-state index in [0.29, 0.717) is 4.80 Å². The van der Waals surface area contributed by atoms with Gasteiger partial charge in [-0.3, -0.25) is 4.79 Å². The van der Waals surface area contributed by atoms with Crippen molar-refractivity contribution in [3.8, 4) is 0 Å². The smallest absolute Gasteiger partial charge is 0.248 e. The van der Waals surface area contributed by atoms with E-state index in [9.17, 15) is 17.6 Å². The summed E-state index contributed by atoms with van der Waals surface area (Å²) in [6, 6.07) is 10.8. The number of hydrogen-bond donors (Lipinski definition) is 0. The Morgan fingerprint density at radius 1 is 1.21 bits per heavy atom. The second kappa shape index (κ2) is 8.59. The fourth-order valence-corrected chi connectivity index (χ4v) is 5.58. The number of rotatable bonds is 6. The normalized spacial score (nSPS) is 12.6. The van der Waals surface area contributed by atoms with Crippen LogP contribution >= 0.6 is 23.1 Å². The molecular formula is C19H19FN2O3S3. The Morgan fingerprint density at radius 3 is 2.61 bits per heavy atom. The van der Waals surface area contributed by atoms with Gasteiger partial charge in [-0.05, 0) is 55.1 Å². The number of aromatic nitrogens is 1. The maximum atomic E-state index is 12.9. The molecule has 1 aromatic heterocycles. The molecule has 2 aromatic carbocycles. The molecule has 0 spiro atoms. The molecule has 1 amide bonds. The van der Waals surface area contributed by atoms with Crippen LogP contribution in [-0.4, -0.2) is 30.9 Å². The molecule has 0 unspecified atom stereocenters. The highest BCUT2D eigenvalue weighted by Crippen LogP contribution is 2.23. The minimum absolute atomic E-state index is 0.0325. The summed E-state index contributed by atoms with van der Waals surface area (Å²) >= 11 is 3.07. The van der Waals surface area contributed by atoms with Crippen molar-refractivity contribution in [3.63, 3.8) is 0 Å². The fourth-order valence-electron chi connectivity index (χ4n) is 2.68. The summed E-state index contributed by atoms with van der Waals surface area (Å²) in [5, 5.41) is 0. The quantitative estimate of drug-likeness (QED) is 0.434. The van der Waals surface area contributed by atoms with Gasteiger partial charge < -0.3 is 4.57 Å². The summed E-state index contributed by atoms with van der Waals surface area (Å²) in [4.78, 5) is 18.1. The van der Waals surface area contributed by atoms with Crippen LogP contribution in [0.25, 0.3) is 10.2 Å². The Kier molecular flexibility index (Phi) is 6.36. The summed E-state index contributed by atoms with van der Waals surface area (Å²) < 4.78 is 40.3. The molecule has 148 valence electrons. The molecule has 0 aliphatic heterocycles. The SMILES string of the molecule is CSc1ccc2c(c1)sc(=NC(=O)CCCS(=O)(=O)c1ccc(F)cc1)n2C. The van der Waals surface area contributed by atoms with Gasteiger partial charge in [0.2, 0.25) is 5.91 Å². The topological polar surface area (TPSA) is 68.5 Å². The van der Waals surface area contributed by atoms with E-state index in [-0.39, 0.29) is 29.4 Å². The second-order valence-corrected chi connectivity index (χ2v) is 10.2. The standard InChI is InChI=1S/C19H19FN2O3S3/c1-22-16-10-7-14(26-2)12-17(16)27-19(22)21-18(23)4-3-11-28(24,25)15-8-5-13(20)6-9-15/h5-10,12H,3-4,11H2,1-2H3. The predicted molar refractivity (Wildman–Crippen MR) is 111 cm³/mol. The number of halogens is 1. The van der Waals surface area contributed by atoms with Crippen LogP contribution < -0.4 is 4.80 Å². The van der Waals surface area contributed by atoms with E-state index in [1.54, 1.807) is 11.8 Å². The van der Waals surface area contributed by atoms with E-state index in [4.69, 9.17) is 0 Å². The number of thiazole rings is 1. The zero-order valence-corrected chi connectivity index (χ0v) is 17.8. The number of hydrogen-bond acceptors (Lipinski definition) is 5. The number of carbonyl (C=O) groups excluding carboxylic acids is 1. The van der Waals surface area contributed by atoms with Gasteiger partial charge in [0.25, 0.3) is 0 Å². The van der Waals surface area contributed by atoms with Crippen LogP contribution in [0.5, 0.6) is 0 Å². The van der Waals surface area contributed by atoms with Gasteiger partial charge in [-0.15, -0.1) is 11.8 Å². The van der Waals surface area contributed by atoms with Crippen molar-refractivity contribution in [1.82, 2.24) is 4.57 Å². The van der Waals surface area contributed by atoms with Gasteiger partial charge in [0.1, 0.15) is 5.82 Å². The Morgan fingerprint density at radius 2 is 1.93 bits per heavy atom. The fraction of sp³-hybridized carbons (Fsp3) is 0.263. The summed E-state index contributed by atoms with van der Waals surface area (Å²) in [7, 11) is -1.70. The van der Waals surface area contributed by atoms with E-state index in [1.807, 2.05) is 30.0 Å².